The number of fused-ring (bicyclic) bond motifs is 3. The number of aryl methyl sites for hydroxylation is 1. The van der Waals surface area contributed by atoms with Crippen molar-refractivity contribution in [3.05, 3.63) is 50.0 Å². The number of hydrogen-bond acceptors (Lipinski definition) is 4. The van der Waals surface area contributed by atoms with E-state index in [2.05, 4.69) is 25.9 Å². The van der Waals surface area contributed by atoms with Crippen LogP contribution >= 0.6 is 39.3 Å². The molecule has 24 heavy (non-hydrogen) atoms. The van der Waals surface area contributed by atoms with Crippen molar-refractivity contribution >= 4 is 39.3 Å². The summed E-state index contributed by atoms with van der Waals surface area (Å²) in [5.41, 5.74) is 2.73. The van der Waals surface area contributed by atoms with Crippen LogP contribution in [0.2, 0.25) is 5.15 Å². The normalized spacial score (nSPS) is 22.3. The standard InChI is InChI=1S/C17H15BrClFN2OS/c1-24-16-21-12-7-17(23-8-10(12)15(19)22-16)6-2-3-9-4-5-11(18)14(20)13(9)17/h4-5H,2-3,6-8H2,1H3. The van der Waals surface area contributed by atoms with Crippen molar-refractivity contribution in [1.82, 2.24) is 9.97 Å². The van der Waals surface area contributed by atoms with Crippen LogP contribution in [0.1, 0.15) is 35.2 Å². The number of aromatic nitrogens is 2. The molecule has 0 N–H and O–H groups in total. The molecule has 0 saturated carbocycles. The van der Waals surface area contributed by atoms with Crippen LogP contribution in [0.3, 0.4) is 0 Å². The monoisotopic (exact) mass is 428 g/mol. The second-order valence-electron chi connectivity index (χ2n) is 6.14. The molecule has 1 spiro atoms. The Labute approximate surface area is 157 Å². The molecule has 1 unspecified atom stereocenters. The highest BCUT2D eigenvalue weighted by Gasteiger charge is 2.44. The number of ether oxygens (including phenoxy) is 1. The summed E-state index contributed by atoms with van der Waals surface area (Å²) in [4.78, 5) is 8.89. The van der Waals surface area contributed by atoms with E-state index in [0.717, 1.165) is 36.1 Å². The third-order valence-corrected chi connectivity index (χ3v) is 6.29. The van der Waals surface area contributed by atoms with Crippen LogP contribution in [0.15, 0.2) is 21.8 Å². The molecule has 0 saturated heterocycles. The lowest BCUT2D eigenvalue weighted by molar-refractivity contribution is -0.0880. The zero-order chi connectivity index (χ0) is 16.9. The summed E-state index contributed by atoms with van der Waals surface area (Å²) in [5.74, 6) is -0.221. The Morgan fingerprint density at radius 2 is 2.21 bits per heavy atom. The number of hydrogen-bond donors (Lipinski definition) is 0. The molecule has 0 amide bonds. The highest BCUT2D eigenvalue weighted by molar-refractivity contribution is 9.10. The van der Waals surface area contributed by atoms with E-state index in [1.54, 1.807) is 6.07 Å². The zero-order valence-corrected chi connectivity index (χ0v) is 16.2. The molecule has 1 aliphatic carbocycles. The fourth-order valence-corrected chi connectivity index (χ4v) is 4.70. The first-order valence-electron chi connectivity index (χ1n) is 7.74. The molecule has 2 aromatic rings. The molecular formula is C17H15BrClFN2OS. The van der Waals surface area contributed by atoms with E-state index in [1.807, 2.05) is 12.3 Å². The maximum absolute atomic E-state index is 14.9. The van der Waals surface area contributed by atoms with Crippen molar-refractivity contribution in [2.45, 2.75) is 43.0 Å². The number of benzene rings is 1. The Morgan fingerprint density at radius 3 is 3.00 bits per heavy atom. The SMILES string of the molecule is CSc1nc(Cl)c2c(n1)CC1(CCCc3ccc(Br)c(F)c31)OC2. The summed E-state index contributed by atoms with van der Waals surface area (Å²) < 4.78 is 21.6. The highest BCUT2D eigenvalue weighted by Crippen LogP contribution is 2.47. The molecular weight excluding hydrogens is 415 g/mol. The van der Waals surface area contributed by atoms with Gasteiger partial charge in [0, 0.05) is 17.5 Å². The molecule has 126 valence electrons. The lowest BCUT2D eigenvalue weighted by Gasteiger charge is -2.42. The predicted octanol–water partition coefficient (Wildman–Crippen LogP) is 5.06. The van der Waals surface area contributed by atoms with Crippen molar-refractivity contribution in [3.8, 4) is 0 Å². The van der Waals surface area contributed by atoms with E-state index < -0.39 is 5.60 Å². The molecule has 2 heterocycles. The van der Waals surface area contributed by atoms with Crippen LogP contribution in [-0.2, 0) is 29.8 Å². The van der Waals surface area contributed by atoms with E-state index in [9.17, 15) is 4.39 Å². The molecule has 1 aromatic carbocycles. The van der Waals surface area contributed by atoms with Gasteiger partial charge >= 0.3 is 0 Å². The van der Waals surface area contributed by atoms with Gasteiger partial charge in [-0.15, -0.1) is 0 Å². The third kappa shape index (κ3) is 2.59. The molecule has 4 rings (SSSR count). The van der Waals surface area contributed by atoms with Gasteiger partial charge in [0.05, 0.1) is 16.8 Å². The summed E-state index contributed by atoms with van der Waals surface area (Å²) in [6.45, 7) is 0.314. The molecule has 0 bridgehead atoms. The van der Waals surface area contributed by atoms with Gasteiger partial charge in [-0.05, 0) is 53.1 Å². The van der Waals surface area contributed by atoms with Gasteiger partial charge < -0.3 is 4.74 Å². The van der Waals surface area contributed by atoms with Gasteiger partial charge in [0.1, 0.15) is 16.6 Å². The summed E-state index contributed by atoms with van der Waals surface area (Å²) in [6.07, 6.45) is 5.07. The van der Waals surface area contributed by atoms with Crippen LogP contribution in [0.25, 0.3) is 0 Å². The fourth-order valence-electron chi connectivity index (χ4n) is 3.69. The number of thioether (sulfide) groups is 1. The van der Waals surface area contributed by atoms with Crippen LogP contribution in [0, 0.1) is 5.82 Å². The minimum Gasteiger partial charge on any atom is -0.365 e. The van der Waals surface area contributed by atoms with Crippen molar-refractivity contribution in [2.75, 3.05) is 6.26 Å². The number of halogens is 3. The Morgan fingerprint density at radius 1 is 1.38 bits per heavy atom. The predicted molar refractivity (Wildman–Crippen MR) is 96.0 cm³/mol. The Bertz CT molecular complexity index is 835. The van der Waals surface area contributed by atoms with Crippen molar-refractivity contribution in [1.29, 1.82) is 0 Å². The maximum Gasteiger partial charge on any atom is 0.188 e. The Balaban J connectivity index is 1.86. The minimum atomic E-state index is -0.665. The first-order valence-corrected chi connectivity index (χ1v) is 10.1. The first-order chi connectivity index (χ1) is 11.5. The molecule has 0 radical (unpaired) electrons. The number of rotatable bonds is 1. The highest BCUT2D eigenvalue weighted by atomic mass is 79.9. The molecule has 1 aromatic heterocycles. The fraction of sp³-hybridized carbons (Fsp3) is 0.412. The average Bonchev–Trinajstić information content (AvgIpc) is 2.57. The van der Waals surface area contributed by atoms with Gasteiger partial charge in [-0.3, -0.25) is 0 Å². The van der Waals surface area contributed by atoms with Crippen molar-refractivity contribution in [3.63, 3.8) is 0 Å². The molecule has 2 aliphatic rings. The number of nitrogens with zero attached hydrogens (tertiary/aromatic N) is 2. The van der Waals surface area contributed by atoms with Crippen LogP contribution in [0.5, 0.6) is 0 Å². The van der Waals surface area contributed by atoms with E-state index in [4.69, 9.17) is 16.3 Å². The summed E-state index contributed by atoms with van der Waals surface area (Å²) in [5, 5.41) is 1.08. The van der Waals surface area contributed by atoms with E-state index in [-0.39, 0.29) is 5.82 Å². The van der Waals surface area contributed by atoms with Crippen LogP contribution in [-0.4, -0.2) is 16.2 Å². The van der Waals surface area contributed by atoms with Crippen molar-refractivity contribution < 1.29 is 9.13 Å². The molecule has 7 heteroatoms. The minimum absolute atomic E-state index is 0.221. The summed E-state index contributed by atoms with van der Waals surface area (Å²) in [6, 6.07) is 3.76. The Hall–Kier alpha value is -0.690. The second kappa shape index (κ2) is 6.24. The van der Waals surface area contributed by atoms with Gasteiger partial charge in [0.15, 0.2) is 5.16 Å². The largest absolute Gasteiger partial charge is 0.365 e. The van der Waals surface area contributed by atoms with Crippen LogP contribution < -0.4 is 0 Å². The Kier molecular flexibility index (Phi) is 4.35. The lowest BCUT2D eigenvalue weighted by Crippen LogP contribution is -2.40. The lowest BCUT2D eigenvalue weighted by atomic mass is 9.74. The molecule has 1 atom stereocenters. The second-order valence-corrected chi connectivity index (χ2v) is 8.12. The van der Waals surface area contributed by atoms with Gasteiger partial charge in [-0.25, -0.2) is 14.4 Å². The molecule has 0 fully saturated rings. The average molecular weight is 430 g/mol. The van der Waals surface area contributed by atoms with E-state index >= 15 is 0 Å². The summed E-state index contributed by atoms with van der Waals surface area (Å²) >= 11 is 11.0. The van der Waals surface area contributed by atoms with Crippen molar-refractivity contribution in [2.24, 2.45) is 0 Å². The smallest absolute Gasteiger partial charge is 0.188 e. The topological polar surface area (TPSA) is 35.0 Å². The van der Waals surface area contributed by atoms with Gasteiger partial charge in [-0.1, -0.05) is 29.4 Å². The van der Waals surface area contributed by atoms with Crippen LogP contribution in [0.4, 0.5) is 4.39 Å². The third-order valence-electron chi connectivity index (χ3n) is 4.81. The first kappa shape index (κ1) is 16.8. The molecule has 1 aliphatic heterocycles. The summed E-state index contributed by atoms with van der Waals surface area (Å²) in [7, 11) is 0. The van der Waals surface area contributed by atoms with Gasteiger partial charge in [-0.2, -0.15) is 0 Å². The van der Waals surface area contributed by atoms with Gasteiger partial charge in [0.25, 0.3) is 0 Å². The van der Waals surface area contributed by atoms with Gasteiger partial charge in [0.2, 0.25) is 0 Å². The quantitative estimate of drug-likeness (QED) is 0.361. The van der Waals surface area contributed by atoms with E-state index in [0.29, 0.717) is 33.4 Å². The maximum atomic E-state index is 14.9. The van der Waals surface area contributed by atoms with E-state index in [1.165, 1.54) is 11.8 Å². The zero-order valence-electron chi connectivity index (χ0n) is 13.0. The molecule has 3 nitrogen and oxygen atoms in total.